The highest BCUT2D eigenvalue weighted by molar-refractivity contribution is 6.17. The van der Waals surface area contributed by atoms with Gasteiger partial charge in [-0.3, -0.25) is 0 Å². The van der Waals surface area contributed by atoms with Gasteiger partial charge in [0.05, 0.1) is 39.1 Å². The third kappa shape index (κ3) is 5.98. The summed E-state index contributed by atoms with van der Waals surface area (Å²) in [6, 6.07) is 86.8. The molecule has 1 aliphatic rings. The van der Waals surface area contributed by atoms with Crippen LogP contribution < -0.4 is 4.90 Å². The fraction of sp³-hybridized carbons (Fsp3) is 0. The summed E-state index contributed by atoms with van der Waals surface area (Å²) in [4.78, 5) is 18.7. The van der Waals surface area contributed by atoms with E-state index in [-0.39, 0.29) is 0 Å². The molecule has 0 fully saturated rings. The van der Waals surface area contributed by atoms with Crippen molar-refractivity contribution < 1.29 is 0 Å². The molecule has 0 radical (unpaired) electrons. The van der Waals surface area contributed by atoms with Crippen LogP contribution in [0.2, 0.25) is 0 Å². The molecular formula is C65H40N6. The number of anilines is 3. The number of para-hydroxylation sites is 5. The number of fused-ring (bicyclic) bond motifs is 9. The zero-order valence-electron chi connectivity index (χ0n) is 38.3. The fourth-order valence-corrected chi connectivity index (χ4v) is 11.4. The molecule has 1 aliphatic heterocycles. The van der Waals surface area contributed by atoms with E-state index >= 15 is 0 Å². The highest BCUT2D eigenvalue weighted by atomic mass is 15.2. The Bertz CT molecular complexity index is 4290. The molecular weight excluding hydrogens is 865 g/mol. The lowest BCUT2D eigenvalue weighted by molar-refractivity contribution is 1.08. The van der Waals surface area contributed by atoms with Gasteiger partial charge in [-0.15, -0.1) is 0 Å². The van der Waals surface area contributed by atoms with E-state index in [1.165, 1.54) is 32.7 Å². The monoisotopic (exact) mass is 904 g/mol. The molecule has 0 unspecified atom stereocenters. The number of aromatic nitrogens is 5. The lowest BCUT2D eigenvalue weighted by Gasteiger charge is -2.34. The molecule has 6 heteroatoms. The first-order valence-corrected chi connectivity index (χ1v) is 24.1. The minimum Gasteiger partial charge on any atom is -0.309 e. The molecule has 0 atom stereocenters. The molecule has 6 nitrogen and oxygen atoms in total. The maximum Gasteiger partial charge on any atom is 0.164 e. The first-order valence-electron chi connectivity index (χ1n) is 24.1. The molecule has 0 amide bonds. The van der Waals surface area contributed by atoms with Crippen molar-refractivity contribution in [3.05, 3.63) is 243 Å². The smallest absolute Gasteiger partial charge is 0.164 e. The molecule has 15 rings (SSSR count). The zero-order chi connectivity index (χ0) is 46.6. The lowest BCUT2D eigenvalue weighted by atomic mass is 9.90. The maximum atomic E-state index is 5.45. The molecule has 3 aromatic heterocycles. The SMILES string of the molecule is c1ccc(-n2c3ccccc3c3cc(-c4nc(-c5ccc6c(c5)c5ccccc5n6-c5ccccc5)nc(-c5ccc(N6c7ccccc7-c7cccc8cccc6c78)c6ccccc56)n4)ccc32)cc1. The second-order valence-electron chi connectivity index (χ2n) is 18.4. The standard InChI is InChI=1S/C65H40N6/c1-3-19-44(20-4-1)69-55-29-12-10-26-49(55)53-39-42(33-36-59(53)69)63-66-64(43-34-37-60-54(40-43)50-27-11-13-30-56(50)70(60)45-21-5-2-6-22-45)68-65(67-63)52-35-38-58(47-24-8-7-23-46(47)52)71-57-31-14-9-25-48(57)51-28-15-17-41-18-16-32-61(71)62(41)51/h1-40H. The zero-order valence-corrected chi connectivity index (χ0v) is 38.3. The summed E-state index contributed by atoms with van der Waals surface area (Å²) in [6.45, 7) is 0. The van der Waals surface area contributed by atoms with Gasteiger partial charge in [-0.1, -0.05) is 146 Å². The van der Waals surface area contributed by atoms with E-state index in [9.17, 15) is 0 Å². The Hall–Kier alpha value is -9.65. The van der Waals surface area contributed by atoms with Crippen molar-refractivity contribution in [2.75, 3.05) is 4.90 Å². The van der Waals surface area contributed by atoms with Gasteiger partial charge in [0.2, 0.25) is 0 Å². The van der Waals surface area contributed by atoms with Crippen LogP contribution in [0.5, 0.6) is 0 Å². The van der Waals surface area contributed by atoms with Gasteiger partial charge in [-0.2, -0.15) is 0 Å². The van der Waals surface area contributed by atoms with Crippen molar-refractivity contribution in [1.82, 2.24) is 24.1 Å². The van der Waals surface area contributed by atoms with Crippen LogP contribution in [0.4, 0.5) is 17.1 Å². The largest absolute Gasteiger partial charge is 0.309 e. The summed E-state index contributed by atoms with van der Waals surface area (Å²) in [5.41, 5.74) is 15.4. The van der Waals surface area contributed by atoms with Gasteiger partial charge in [0.25, 0.3) is 0 Å². The average molecular weight is 905 g/mol. The molecule has 0 spiro atoms. The van der Waals surface area contributed by atoms with E-state index in [2.05, 4.69) is 257 Å². The summed E-state index contributed by atoms with van der Waals surface area (Å²) < 4.78 is 4.68. The normalized spacial score (nSPS) is 12.2. The molecule has 330 valence electrons. The Morgan fingerprint density at radius 2 is 0.746 bits per heavy atom. The van der Waals surface area contributed by atoms with Crippen molar-refractivity contribution in [3.8, 4) is 56.7 Å². The van der Waals surface area contributed by atoms with E-state index in [0.717, 1.165) is 88.7 Å². The van der Waals surface area contributed by atoms with Gasteiger partial charge in [-0.25, -0.2) is 15.0 Å². The van der Waals surface area contributed by atoms with Crippen LogP contribution >= 0.6 is 0 Å². The molecule has 0 aliphatic carbocycles. The Kier molecular flexibility index (Phi) is 8.56. The highest BCUT2D eigenvalue weighted by Gasteiger charge is 2.28. The van der Waals surface area contributed by atoms with Crippen LogP contribution in [0.15, 0.2) is 243 Å². The number of benzene rings is 11. The van der Waals surface area contributed by atoms with Crippen LogP contribution in [0.25, 0.3) is 122 Å². The number of hydrogen-bond donors (Lipinski definition) is 0. The second kappa shape index (κ2) is 15.4. The summed E-state index contributed by atoms with van der Waals surface area (Å²) >= 11 is 0. The number of rotatable bonds is 6. The van der Waals surface area contributed by atoms with E-state index in [4.69, 9.17) is 15.0 Å². The molecule has 4 heterocycles. The topological polar surface area (TPSA) is 51.8 Å². The average Bonchev–Trinajstić information content (AvgIpc) is 3.96. The van der Waals surface area contributed by atoms with Crippen LogP contribution in [-0.2, 0) is 0 Å². The molecule has 71 heavy (non-hydrogen) atoms. The van der Waals surface area contributed by atoms with Gasteiger partial charge < -0.3 is 14.0 Å². The third-order valence-electron chi connectivity index (χ3n) is 14.5. The third-order valence-corrected chi connectivity index (χ3v) is 14.5. The molecule has 0 saturated carbocycles. The van der Waals surface area contributed by atoms with Crippen molar-refractivity contribution in [2.24, 2.45) is 0 Å². The maximum absolute atomic E-state index is 5.45. The highest BCUT2D eigenvalue weighted by Crippen LogP contribution is 2.52. The summed E-state index contributed by atoms with van der Waals surface area (Å²) in [5.74, 6) is 1.83. The lowest BCUT2D eigenvalue weighted by Crippen LogP contribution is -2.15. The van der Waals surface area contributed by atoms with Crippen molar-refractivity contribution in [3.63, 3.8) is 0 Å². The first-order chi connectivity index (χ1) is 35.2. The van der Waals surface area contributed by atoms with E-state index in [1.807, 2.05) is 0 Å². The summed E-state index contributed by atoms with van der Waals surface area (Å²) in [7, 11) is 0. The van der Waals surface area contributed by atoms with E-state index < -0.39 is 0 Å². The van der Waals surface area contributed by atoms with Gasteiger partial charge >= 0.3 is 0 Å². The van der Waals surface area contributed by atoms with Gasteiger partial charge in [-0.05, 0) is 113 Å². The Morgan fingerprint density at radius 3 is 1.38 bits per heavy atom. The molecule has 14 aromatic rings. The predicted octanol–water partition coefficient (Wildman–Crippen LogP) is 16.8. The molecule has 11 aromatic carbocycles. The minimum atomic E-state index is 0.608. The van der Waals surface area contributed by atoms with Gasteiger partial charge in [0.1, 0.15) is 0 Å². The van der Waals surface area contributed by atoms with E-state index in [0.29, 0.717) is 17.5 Å². The molecule has 0 N–H and O–H groups in total. The van der Waals surface area contributed by atoms with Crippen molar-refractivity contribution >= 4 is 82.2 Å². The Balaban J connectivity index is 0.960. The summed E-state index contributed by atoms with van der Waals surface area (Å²) in [6.07, 6.45) is 0. The van der Waals surface area contributed by atoms with Crippen molar-refractivity contribution in [2.45, 2.75) is 0 Å². The number of nitrogens with zero attached hydrogens (tertiary/aromatic N) is 6. The Morgan fingerprint density at radius 1 is 0.268 bits per heavy atom. The van der Waals surface area contributed by atoms with Crippen molar-refractivity contribution in [1.29, 1.82) is 0 Å². The van der Waals surface area contributed by atoms with Gasteiger partial charge in [0, 0.05) is 65.9 Å². The van der Waals surface area contributed by atoms with E-state index in [1.54, 1.807) is 0 Å². The Labute approximate surface area is 408 Å². The second-order valence-corrected chi connectivity index (χ2v) is 18.4. The molecule has 0 bridgehead atoms. The fourth-order valence-electron chi connectivity index (χ4n) is 11.4. The van der Waals surface area contributed by atoms with Gasteiger partial charge in [0.15, 0.2) is 17.5 Å². The summed E-state index contributed by atoms with van der Waals surface area (Å²) in [5, 5.41) is 9.23. The van der Waals surface area contributed by atoms with Crippen LogP contribution in [-0.4, -0.2) is 24.1 Å². The predicted molar refractivity (Wildman–Crippen MR) is 294 cm³/mol. The quantitative estimate of drug-likeness (QED) is 0.167. The van der Waals surface area contributed by atoms with Crippen LogP contribution in [0.1, 0.15) is 0 Å². The first kappa shape index (κ1) is 39.4. The number of hydrogen-bond acceptors (Lipinski definition) is 4. The molecule has 0 saturated heterocycles. The van der Waals surface area contributed by atoms with Crippen LogP contribution in [0, 0.1) is 0 Å². The van der Waals surface area contributed by atoms with Crippen LogP contribution in [0.3, 0.4) is 0 Å². The minimum absolute atomic E-state index is 0.608.